The van der Waals surface area contributed by atoms with Gasteiger partial charge in [-0.05, 0) is 24.7 Å². The van der Waals surface area contributed by atoms with Gasteiger partial charge in [-0.15, -0.1) is 0 Å². The molecular formula is C11H21BrO. The number of halogens is 1. The third-order valence-electron chi connectivity index (χ3n) is 2.87. The fourth-order valence-corrected chi connectivity index (χ4v) is 2.38. The maximum Gasteiger partial charge on any atom is 0.0531 e. The van der Waals surface area contributed by atoms with E-state index in [4.69, 9.17) is 4.74 Å². The number of hydrogen-bond donors (Lipinski definition) is 0. The van der Waals surface area contributed by atoms with E-state index in [2.05, 4.69) is 36.7 Å². The molecule has 0 aromatic carbocycles. The second-order valence-electron chi connectivity index (χ2n) is 5.50. The molecule has 1 fully saturated rings. The van der Waals surface area contributed by atoms with E-state index >= 15 is 0 Å². The van der Waals surface area contributed by atoms with Crippen molar-refractivity contribution >= 4 is 15.9 Å². The average molecular weight is 249 g/mol. The Labute approximate surface area is 90.4 Å². The Morgan fingerprint density at radius 2 is 2.08 bits per heavy atom. The van der Waals surface area contributed by atoms with Crippen molar-refractivity contribution in [1.29, 1.82) is 0 Å². The molecule has 0 aliphatic carbocycles. The molecule has 0 N–H and O–H groups in total. The van der Waals surface area contributed by atoms with Crippen LogP contribution in [0.1, 0.15) is 40.0 Å². The lowest BCUT2D eigenvalue weighted by molar-refractivity contribution is 0.148. The van der Waals surface area contributed by atoms with Crippen LogP contribution in [0.15, 0.2) is 0 Å². The highest BCUT2D eigenvalue weighted by Gasteiger charge is 2.34. The largest absolute Gasteiger partial charge is 0.381 e. The Kier molecular flexibility index (Phi) is 3.82. The van der Waals surface area contributed by atoms with Crippen LogP contribution >= 0.6 is 15.9 Å². The molecule has 78 valence electrons. The minimum Gasteiger partial charge on any atom is -0.381 e. The summed E-state index contributed by atoms with van der Waals surface area (Å²) in [4.78, 5) is 0. The highest BCUT2D eigenvalue weighted by molar-refractivity contribution is 9.09. The van der Waals surface area contributed by atoms with Crippen LogP contribution in [0.4, 0.5) is 0 Å². The van der Waals surface area contributed by atoms with E-state index < -0.39 is 0 Å². The molecule has 1 unspecified atom stereocenters. The molecule has 0 amide bonds. The zero-order chi connectivity index (χ0) is 9.95. The van der Waals surface area contributed by atoms with Gasteiger partial charge in [0.05, 0.1) is 6.61 Å². The van der Waals surface area contributed by atoms with Crippen molar-refractivity contribution in [3.63, 3.8) is 0 Å². The van der Waals surface area contributed by atoms with Crippen molar-refractivity contribution in [3.05, 3.63) is 0 Å². The van der Waals surface area contributed by atoms with Crippen LogP contribution in [-0.2, 0) is 4.74 Å². The molecule has 1 heterocycles. The first kappa shape index (κ1) is 11.5. The van der Waals surface area contributed by atoms with E-state index in [1.54, 1.807) is 0 Å². The zero-order valence-electron chi connectivity index (χ0n) is 9.03. The van der Waals surface area contributed by atoms with Crippen molar-refractivity contribution in [3.8, 4) is 0 Å². The first-order valence-electron chi connectivity index (χ1n) is 5.11. The molecule has 1 rings (SSSR count). The topological polar surface area (TPSA) is 9.23 Å². The van der Waals surface area contributed by atoms with Crippen molar-refractivity contribution < 1.29 is 4.74 Å². The van der Waals surface area contributed by atoms with E-state index in [0.29, 0.717) is 10.8 Å². The lowest BCUT2D eigenvalue weighted by Crippen LogP contribution is -2.25. The molecule has 1 aliphatic heterocycles. The summed E-state index contributed by atoms with van der Waals surface area (Å²) in [6.45, 7) is 8.84. The number of hydrogen-bond acceptors (Lipinski definition) is 1. The van der Waals surface area contributed by atoms with Crippen molar-refractivity contribution in [2.75, 3.05) is 18.5 Å². The highest BCUT2D eigenvalue weighted by Crippen LogP contribution is 2.38. The molecule has 0 saturated carbocycles. The molecule has 0 bridgehead atoms. The van der Waals surface area contributed by atoms with Crippen molar-refractivity contribution in [1.82, 2.24) is 0 Å². The first-order chi connectivity index (χ1) is 5.97. The van der Waals surface area contributed by atoms with Gasteiger partial charge in [0.15, 0.2) is 0 Å². The molecule has 0 spiro atoms. The summed E-state index contributed by atoms with van der Waals surface area (Å²) in [6, 6.07) is 0. The third-order valence-corrected chi connectivity index (χ3v) is 4.06. The van der Waals surface area contributed by atoms with Crippen LogP contribution < -0.4 is 0 Å². The van der Waals surface area contributed by atoms with Crippen LogP contribution in [0.5, 0.6) is 0 Å². The number of rotatable bonds is 3. The van der Waals surface area contributed by atoms with Gasteiger partial charge in [-0.3, -0.25) is 0 Å². The smallest absolute Gasteiger partial charge is 0.0531 e. The van der Waals surface area contributed by atoms with E-state index in [-0.39, 0.29) is 0 Å². The summed E-state index contributed by atoms with van der Waals surface area (Å²) in [6.07, 6.45) is 3.82. The van der Waals surface area contributed by atoms with Gasteiger partial charge in [-0.2, -0.15) is 0 Å². The SMILES string of the molecule is CC(C)(C)CCC1(CBr)CCOC1. The lowest BCUT2D eigenvalue weighted by Gasteiger charge is -2.29. The highest BCUT2D eigenvalue weighted by atomic mass is 79.9. The number of ether oxygens (including phenoxy) is 1. The maximum absolute atomic E-state index is 5.49. The van der Waals surface area contributed by atoms with E-state index in [1.165, 1.54) is 19.3 Å². The van der Waals surface area contributed by atoms with E-state index in [0.717, 1.165) is 18.5 Å². The minimum atomic E-state index is 0.438. The summed E-state index contributed by atoms with van der Waals surface area (Å²) in [7, 11) is 0. The fraction of sp³-hybridized carbons (Fsp3) is 1.00. The lowest BCUT2D eigenvalue weighted by atomic mass is 9.78. The minimum absolute atomic E-state index is 0.438. The van der Waals surface area contributed by atoms with Gasteiger partial charge in [-0.25, -0.2) is 0 Å². The maximum atomic E-state index is 5.49. The van der Waals surface area contributed by atoms with Gasteiger partial charge < -0.3 is 4.74 Å². The summed E-state index contributed by atoms with van der Waals surface area (Å²) < 4.78 is 5.49. The summed E-state index contributed by atoms with van der Waals surface area (Å²) in [5.41, 5.74) is 0.894. The predicted molar refractivity (Wildman–Crippen MR) is 60.4 cm³/mol. The van der Waals surface area contributed by atoms with Crippen LogP contribution in [0.2, 0.25) is 0 Å². The second kappa shape index (κ2) is 4.31. The third kappa shape index (κ3) is 3.59. The quantitative estimate of drug-likeness (QED) is 0.694. The van der Waals surface area contributed by atoms with Gasteiger partial charge in [0, 0.05) is 17.4 Å². The van der Waals surface area contributed by atoms with Crippen LogP contribution in [0.3, 0.4) is 0 Å². The first-order valence-corrected chi connectivity index (χ1v) is 6.23. The van der Waals surface area contributed by atoms with Crippen LogP contribution in [0.25, 0.3) is 0 Å². The van der Waals surface area contributed by atoms with Crippen LogP contribution in [-0.4, -0.2) is 18.5 Å². The summed E-state index contributed by atoms with van der Waals surface area (Å²) >= 11 is 3.62. The molecular weight excluding hydrogens is 228 g/mol. The summed E-state index contributed by atoms with van der Waals surface area (Å²) in [5.74, 6) is 0. The Balaban J connectivity index is 2.40. The molecule has 2 heteroatoms. The molecule has 0 aromatic rings. The zero-order valence-corrected chi connectivity index (χ0v) is 10.6. The summed E-state index contributed by atoms with van der Waals surface area (Å²) in [5, 5.41) is 1.09. The fourth-order valence-electron chi connectivity index (χ4n) is 1.66. The van der Waals surface area contributed by atoms with Gasteiger partial charge in [0.2, 0.25) is 0 Å². The Hall–Kier alpha value is 0.440. The van der Waals surface area contributed by atoms with Gasteiger partial charge >= 0.3 is 0 Å². The Bertz CT molecular complexity index is 154. The Morgan fingerprint density at radius 3 is 2.46 bits per heavy atom. The molecule has 1 atom stereocenters. The molecule has 1 saturated heterocycles. The van der Waals surface area contributed by atoms with E-state index in [9.17, 15) is 0 Å². The molecule has 1 aliphatic rings. The van der Waals surface area contributed by atoms with Gasteiger partial charge in [0.1, 0.15) is 0 Å². The standard InChI is InChI=1S/C11H21BrO/c1-10(2,3)4-5-11(8-12)6-7-13-9-11/h4-9H2,1-3H3. The van der Waals surface area contributed by atoms with Crippen LogP contribution in [0, 0.1) is 10.8 Å². The van der Waals surface area contributed by atoms with Crippen molar-refractivity contribution in [2.45, 2.75) is 40.0 Å². The van der Waals surface area contributed by atoms with Gasteiger partial charge in [-0.1, -0.05) is 36.7 Å². The molecule has 1 nitrogen and oxygen atoms in total. The predicted octanol–water partition coefficient (Wildman–Crippen LogP) is 3.61. The molecule has 13 heavy (non-hydrogen) atoms. The second-order valence-corrected chi connectivity index (χ2v) is 6.06. The monoisotopic (exact) mass is 248 g/mol. The number of alkyl halides is 1. The van der Waals surface area contributed by atoms with Gasteiger partial charge in [0.25, 0.3) is 0 Å². The molecule has 0 radical (unpaired) electrons. The van der Waals surface area contributed by atoms with E-state index in [1.807, 2.05) is 0 Å². The average Bonchev–Trinajstić information content (AvgIpc) is 2.49. The molecule has 0 aromatic heterocycles. The normalized spacial score (nSPS) is 29.5. The van der Waals surface area contributed by atoms with Crippen molar-refractivity contribution in [2.24, 2.45) is 10.8 Å². The Morgan fingerprint density at radius 1 is 1.38 bits per heavy atom.